The first-order valence-electron chi connectivity index (χ1n) is 14.8. The van der Waals surface area contributed by atoms with Crippen LogP contribution in [0.1, 0.15) is 61.1 Å². The number of allylic oxidation sites excluding steroid dienone is 1. The van der Waals surface area contributed by atoms with Crippen molar-refractivity contribution in [3.05, 3.63) is 105 Å². The molecule has 1 aromatic heterocycles. The second kappa shape index (κ2) is 12.6. The van der Waals surface area contributed by atoms with Crippen molar-refractivity contribution in [2.75, 3.05) is 13.7 Å². The summed E-state index contributed by atoms with van der Waals surface area (Å²) in [5.41, 5.74) is 3.20. The summed E-state index contributed by atoms with van der Waals surface area (Å²) in [5, 5.41) is 11.0. The third-order valence-electron chi connectivity index (χ3n) is 7.79. The largest absolute Gasteiger partial charge is 0.493 e. The highest BCUT2D eigenvalue weighted by Gasteiger charge is 2.33. The maximum atomic E-state index is 13.3. The fourth-order valence-electron chi connectivity index (χ4n) is 5.77. The van der Waals surface area contributed by atoms with E-state index < -0.39 is 29.4 Å². The zero-order chi connectivity index (χ0) is 33.4. The average molecular weight is 633 g/mol. The van der Waals surface area contributed by atoms with Crippen molar-refractivity contribution in [1.29, 1.82) is 0 Å². The smallest absolute Gasteiger partial charge is 0.416 e. The number of carboxylic acids is 1. The molecule has 2 heterocycles. The maximum absolute atomic E-state index is 13.3. The van der Waals surface area contributed by atoms with Gasteiger partial charge in [-0.25, -0.2) is 4.79 Å². The first kappa shape index (κ1) is 32.7. The molecule has 1 atom stereocenters. The molecule has 0 saturated heterocycles. The molecule has 7 nitrogen and oxygen atoms in total. The Balaban J connectivity index is 1.79. The third kappa shape index (κ3) is 6.77. The van der Waals surface area contributed by atoms with Gasteiger partial charge >= 0.3 is 12.1 Å². The minimum atomic E-state index is -4.48. The number of rotatable bonds is 7. The highest BCUT2D eigenvalue weighted by atomic mass is 19.4. The summed E-state index contributed by atoms with van der Waals surface area (Å²) < 4.78 is 53.1. The number of ether oxygens (including phenoxy) is 2. The van der Waals surface area contributed by atoms with E-state index in [1.165, 1.54) is 22.8 Å². The van der Waals surface area contributed by atoms with Crippen LogP contribution in [0.5, 0.6) is 5.75 Å². The van der Waals surface area contributed by atoms with Crippen LogP contribution >= 0.6 is 0 Å². The molecule has 240 valence electrons. The summed E-state index contributed by atoms with van der Waals surface area (Å²) in [4.78, 5) is 30.2. The lowest BCUT2D eigenvalue weighted by Crippen LogP contribution is -2.28. The average Bonchev–Trinajstić information content (AvgIpc) is 2.99. The molecule has 1 N–H and O–H groups in total. The minimum absolute atomic E-state index is 0.00858. The van der Waals surface area contributed by atoms with E-state index in [2.05, 4.69) is 4.99 Å². The summed E-state index contributed by atoms with van der Waals surface area (Å²) in [7, 11) is 1.68. The van der Waals surface area contributed by atoms with E-state index in [4.69, 9.17) is 9.47 Å². The van der Waals surface area contributed by atoms with Gasteiger partial charge in [0.1, 0.15) is 5.75 Å². The molecule has 5 rings (SSSR count). The van der Waals surface area contributed by atoms with Gasteiger partial charge in [0.25, 0.3) is 5.56 Å². The van der Waals surface area contributed by atoms with Gasteiger partial charge in [0.2, 0.25) is 0 Å². The summed E-state index contributed by atoms with van der Waals surface area (Å²) in [6.07, 6.45) is -1.54. The Kier molecular flexibility index (Phi) is 8.95. The zero-order valence-electron chi connectivity index (χ0n) is 26.2. The van der Waals surface area contributed by atoms with E-state index >= 15 is 0 Å². The van der Waals surface area contributed by atoms with Crippen molar-refractivity contribution in [3.63, 3.8) is 0 Å². The number of alkyl halides is 3. The molecular weight excluding hydrogens is 597 g/mol. The van der Waals surface area contributed by atoms with Gasteiger partial charge in [-0.1, -0.05) is 18.2 Å². The van der Waals surface area contributed by atoms with Crippen molar-refractivity contribution in [2.24, 2.45) is 4.99 Å². The van der Waals surface area contributed by atoms with E-state index in [9.17, 15) is 27.9 Å². The molecule has 0 unspecified atom stereocenters. The van der Waals surface area contributed by atoms with Gasteiger partial charge in [0.15, 0.2) is 6.10 Å². The summed E-state index contributed by atoms with van der Waals surface area (Å²) in [6, 6.07) is 15.1. The van der Waals surface area contributed by atoms with E-state index in [1.807, 2.05) is 24.3 Å². The molecule has 1 aliphatic heterocycles. The Bertz CT molecular complexity index is 1920. The number of aliphatic carboxylic acids is 1. The Labute approximate surface area is 264 Å². The van der Waals surface area contributed by atoms with Gasteiger partial charge in [0.05, 0.1) is 29.8 Å². The van der Waals surface area contributed by atoms with Crippen LogP contribution < -0.4 is 10.3 Å². The standard InChI is InChI=1S/C36H35F3N2O5/c1-21-18-28-26(11-13-30(42)41(28)20-22-6-9-25(10-7-22)36(37,38)39)32(31(21)33(34(43)44)46-35(2,3)4)24-8-12-29-27(19-24)23(14-16-40-5)15-17-45-29/h6-14,16,18-19,33H,15,17,20H2,1-5H3,(H,43,44)/b23-14-,40-16-/t33-/m0/s1. The Hall–Kier alpha value is -4.70. The highest BCUT2D eigenvalue weighted by Crippen LogP contribution is 2.43. The monoisotopic (exact) mass is 632 g/mol. The number of carbonyl (C=O) groups is 1. The molecule has 0 aliphatic carbocycles. The topological polar surface area (TPSA) is 90.1 Å². The molecule has 0 saturated carbocycles. The molecule has 10 heteroatoms. The quantitative estimate of drug-likeness (QED) is 0.210. The zero-order valence-corrected chi connectivity index (χ0v) is 26.2. The minimum Gasteiger partial charge on any atom is -0.493 e. The van der Waals surface area contributed by atoms with Crippen LogP contribution in [-0.4, -0.2) is 41.1 Å². The normalized spacial score (nSPS) is 15.3. The molecule has 0 radical (unpaired) electrons. The van der Waals surface area contributed by atoms with Crippen LogP contribution in [-0.2, 0) is 22.3 Å². The Morgan fingerprint density at radius 2 is 1.80 bits per heavy atom. The SMILES string of the molecule is C/N=C\C=C1\CCOc2ccc(-c3c([C@H](OC(C)(C)C)C(=O)O)c(C)cc4c3ccc(=O)n4Cc3ccc(C(F)(F)F)cc3)cc21. The molecule has 46 heavy (non-hydrogen) atoms. The molecule has 0 bridgehead atoms. The summed E-state index contributed by atoms with van der Waals surface area (Å²) >= 11 is 0. The molecule has 3 aromatic carbocycles. The van der Waals surface area contributed by atoms with Crippen molar-refractivity contribution in [2.45, 2.75) is 58.5 Å². The number of nitrogens with zero attached hydrogens (tertiary/aromatic N) is 2. The van der Waals surface area contributed by atoms with Crippen LogP contribution in [0, 0.1) is 6.92 Å². The third-order valence-corrected chi connectivity index (χ3v) is 7.79. The maximum Gasteiger partial charge on any atom is 0.416 e. The van der Waals surface area contributed by atoms with Crippen LogP contribution in [0.15, 0.2) is 76.5 Å². The lowest BCUT2D eigenvalue weighted by atomic mass is 9.86. The van der Waals surface area contributed by atoms with Crippen LogP contribution in [0.4, 0.5) is 13.2 Å². The van der Waals surface area contributed by atoms with E-state index in [1.54, 1.807) is 53.1 Å². The molecule has 4 aromatic rings. The van der Waals surface area contributed by atoms with E-state index in [0.29, 0.717) is 57.5 Å². The fourth-order valence-corrected chi connectivity index (χ4v) is 5.77. The van der Waals surface area contributed by atoms with Crippen molar-refractivity contribution >= 4 is 28.7 Å². The van der Waals surface area contributed by atoms with Crippen molar-refractivity contribution in [3.8, 4) is 16.9 Å². The number of pyridine rings is 1. The lowest BCUT2D eigenvalue weighted by Gasteiger charge is -2.29. The predicted octanol–water partition coefficient (Wildman–Crippen LogP) is 7.85. The van der Waals surface area contributed by atoms with Gasteiger partial charge in [-0.2, -0.15) is 13.2 Å². The molecule has 0 fully saturated rings. The number of carboxylic acid groups (broad SMARTS) is 1. The first-order chi connectivity index (χ1) is 21.7. The fraction of sp³-hybridized carbons (Fsp3) is 0.306. The molecule has 0 spiro atoms. The number of halogens is 3. The second-order valence-corrected chi connectivity index (χ2v) is 12.2. The number of hydrogen-bond acceptors (Lipinski definition) is 5. The first-order valence-corrected chi connectivity index (χ1v) is 14.8. The highest BCUT2D eigenvalue weighted by molar-refractivity contribution is 6.00. The van der Waals surface area contributed by atoms with E-state index in [0.717, 1.165) is 23.3 Å². The van der Waals surface area contributed by atoms with Gasteiger partial charge in [0, 0.05) is 42.3 Å². The molecule has 0 amide bonds. The summed E-state index contributed by atoms with van der Waals surface area (Å²) in [6.45, 7) is 7.63. The number of hydrogen-bond donors (Lipinski definition) is 1. The van der Waals surface area contributed by atoms with Crippen molar-refractivity contribution < 1.29 is 32.5 Å². The number of fused-ring (bicyclic) bond motifs is 2. The number of aryl methyl sites for hydroxylation is 1. The van der Waals surface area contributed by atoms with Gasteiger partial charge < -0.3 is 19.1 Å². The Morgan fingerprint density at radius 3 is 2.43 bits per heavy atom. The van der Waals surface area contributed by atoms with Crippen LogP contribution in [0.2, 0.25) is 0 Å². The van der Waals surface area contributed by atoms with Crippen LogP contribution in [0.3, 0.4) is 0 Å². The summed E-state index contributed by atoms with van der Waals surface area (Å²) in [5.74, 6) is -0.484. The number of benzene rings is 3. The van der Waals surface area contributed by atoms with Crippen LogP contribution in [0.25, 0.3) is 27.6 Å². The Morgan fingerprint density at radius 1 is 1.09 bits per heavy atom. The molecular formula is C36H35F3N2O5. The molecule has 1 aliphatic rings. The van der Waals surface area contributed by atoms with Gasteiger partial charge in [-0.15, -0.1) is 0 Å². The number of aliphatic imine (C=N–C) groups is 1. The second-order valence-electron chi connectivity index (χ2n) is 12.2. The van der Waals surface area contributed by atoms with Crippen molar-refractivity contribution in [1.82, 2.24) is 4.57 Å². The van der Waals surface area contributed by atoms with Gasteiger partial charge in [-0.3, -0.25) is 9.79 Å². The number of aromatic nitrogens is 1. The van der Waals surface area contributed by atoms with Gasteiger partial charge in [-0.05, 0) is 98.0 Å². The van der Waals surface area contributed by atoms with E-state index in [-0.39, 0.29) is 12.1 Å². The predicted molar refractivity (Wildman–Crippen MR) is 173 cm³/mol. The lowest BCUT2D eigenvalue weighted by molar-refractivity contribution is -0.160.